The molecule has 0 aromatic heterocycles. The molecule has 0 N–H and O–H groups in total. The van der Waals surface area contributed by atoms with Gasteiger partial charge in [-0.15, -0.1) is 0 Å². The Morgan fingerprint density at radius 1 is 0.706 bits per heavy atom. The summed E-state index contributed by atoms with van der Waals surface area (Å²) >= 11 is 0. The molecule has 0 heterocycles. The van der Waals surface area contributed by atoms with E-state index in [2.05, 4.69) is 27.7 Å². The van der Waals surface area contributed by atoms with Gasteiger partial charge in [0.15, 0.2) is 29.3 Å². The van der Waals surface area contributed by atoms with Crippen LogP contribution in [0.4, 0.5) is 0 Å². The first-order valence-corrected chi connectivity index (χ1v) is 10.8. The Labute approximate surface area is 114 Å². The summed E-state index contributed by atoms with van der Waals surface area (Å²) in [6.07, 6.45) is 3.37. The molecule has 0 saturated carbocycles. The molecule has 0 aromatic carbocycles. The van der Waals surface area contributed by atoms with E-state index in [1.807, 2.05) is 0 Å². The van der Waals surface area contributed by atoms with Crippen LogP contribution in [0.3, 0.4) is 0 Å². The molecule has 0 amide bonds. The van der Waals surface area contributed by atoms with Gasteiger partial charge in [0, 0.05) is 24.1 Å². The van der Waals surface area contributed by atoms with Crippen LogP contribution in [-0.4, -0.2) is 49.1 Å². The molecule has 0 aliphatic rings. The first-order valence-electron chi connectivity index (χ1n) is 6.91. The van der Waals surface area contributed by atoms with Crippen LogP contribution in [0.2, 0.25) is 4.28 Å². The largest absolute Gasteiger partial charge is 0.424 e. The predicted molar refractivity (Wildman–Crippen MR) is 82.7 cm³/mol. The van der Waals surface area contributed by atoms with Crippen LogP contribution in [-0.2, 0) is 13.3 Å². The van der Waals surface area contributed by atoms with Gasteiger partial charge in [0.2, 0.25) is 0 Å². The van der Waals surface area contributed by atoms with Gasteiger partial charge in [-0.3, -0.25) is 0 Å². The van der Waals surface area contributed by atoms with Crippen molar-refractivity contribution in [3.05, 3.63) is 0 Å². The Kier molecular flexibility index (Phi) is 12.0. The molecule has 0 aromatic rings. The van der Waals surface area contributed by atoms with Crippen molar-refractivity contribution < 1.29 is 13.3 Å². The van der Waals surface area contributed by atoms with Crippen molar-refractivity contribution >= 4 is 29.3 Å². The minimum absolute atomic E-state index is 0.402. The van der Waals surface area contributed by atoms with E-state index in [4.69, 9.17) is 13.3 Å². The Hall–Kier alpha value is 0.531. The van der Waals surface area contributed by atoms with Crippen molar-refractivity contribution in [3.63, 3.8) is 0 Å². The maximum absolute atomic E-state index is 5.86. The lowest BCUT2D eigenvalue weighted by atomic mass is 10.5. The van der Waals surface area contributed by atoms with Gasteiger partial charge in [-0.1, -0.05) is 27.7 Å². The maximum Gasteiger partial charge on any atom is 0.165 e. The standard InChI is InChI=1S/C11H30O3Si3/c1-5-8-12-15-11(4,16-13-9-6-2)17-14-10-7-3/h5-10,15-17H2,1-4H3. The molecule has 0 saturated heterocycles. The van der Waals surface area contributed by atoms with Gasteiger partial charge in [-0.2, -0.15) is 0 Å². The maximum atomic E-state index is 5.86. The van der Waals surface area contributed by atoms with Gasteiger partial charge in [0.1, 0.15) is 0 Å². The zero-order valence-corrected chi connectivity index (χ0v) is 16.3. The quantitative estimate of drug-likeness (QED) is 0.390. The lowest BCUT2D eigenvalue weighted by molar-refractivity contribution is 0.299. The fourth-order valence-corrected chi connectivity index (χ4v) is 7.89. The van der Waals surface area contributed by atoms with E-state index < -0.39 is 29.3 Å². The first kappa shape index (κ1) is 17.5. The highest BCUT2D eigenvalue weighted by molar-refractivity contribution is 6.73. The fraction of sp³-hybridized carbons (Fsp3) is 1.00. The zero-order valence-electron chi connectivity index (χ0n) is 12.1. The van der Waals surface area contributed by atoms with Crippen LogP contribution < -0.4 is 0 Å². The molecule has 0 rings (SSSR count). The second-order valence-electron chi connectivity index (χ2n) is 4.97. The molecule has 0 unspecified atom stereocenters. The summed E-state index contributed by atoms with van der Waals surface area (Å²) in [4.78, 5) is 0. The van der Waals surface area contributed by atoms with E-state index in [0.29, 0.717) is 4.28 Å². The third kappa shape index (κ3) is 10.2. The van der Waals surface area contributed by atoms with Crippen molar-refractivity contribution in [2.24, 2.45) is 0 Å². The Morgan fingerprint density at radius 3 is 1.24 bits per heavy atom. The monoisotopic (exact) mass is 294 g/mol. The number of rotatable bonds is 12. The molecule has 3 nitrogen and oxygen atoms in total. The molecular formula is C11H30O3Si3. The molecule has 0 atom stereocenters. The molecule has 0 bridgehead atoms. The van der Waals surface area contributed by atoms with Gasteiger partial charge < -0.3 is 13.3 Å². The van der Waals surface area contributed by atoms with Crippen LogP contribution in [0, 0.1) is 0 Å². The van der Waals surface area contributed by atoms with Crippen LogP contribution in [0.25, 0.3) is 0 Å². The molecule has 0 aliphatic carbocycles. The summed E-state index contributed by atoms with van der Waals surface area (Å²) in [5.41, 5.74) is 0. The molecule has 0 aliphatic heterocycles. The van der Waals surface area contributed by atoms with Crippen LogP contribution in [0.1, 0.15) is 47.0 Å². The van der Waals surface area contributed by atoms with Gasteiger partial charge in [0.05, 0.1) is 0 Å². The fourth-order valence-electron chi connectivity index (χ4n) is 1.51. The van der Waals surface area contributed by atoms with E-state index >= 15 is 0 Å². The van der Waals surface area contributed by atoms with Crippen LogP contribution in [0.5, 0.6) is 0 Å². The Balaban J connectivity index is 3.95. The molecule has 17 heavy (non-hydrogen) atoms. The predicted octanol–water partition coefficient (Wildman–Crippen LogP) is 0.611. The lowest BCUT2D eigenvalue weighted by Gasteiger charge is -2.27. The molecule has 0 radical (unpaired) electrons. The summed E-state index contributed by atoms with van der Waals surface area (Å²) in [5, 5.41) is 0. The third-order valence-electron chi connectivity index (χ3n) is 2.40. The molecule has 6 heteroatoms. The second-order valence-corrected chi connectivity index (χ2v) is 15.2. The Bertz CT molecular complexity index is 144. The summed E-state index contributed by atoms with van der Waals surface area (Å²) < 4.78 is 18.0. The third-order valence-corrected chi connectivity index (χ3v) is 9.64. The minimum Gasteiger partial charge on any atom is -0.424 e. The van der Waals surface area contributed by atoms with Crippen molar-refractivity contribution in [1.82, 2.24) is 0 Å². The first-order chi connectivity index (χ1) is 8.18. The minimum atomic E-state index is -0.465. The van der Waals surface area contributed by atoms with Crippen molar-refractivity contribution in [2.45, 2.75) is 51.2 Å². The zero-order chi connectivity index (χ0) is 13.0. The number of hydrogen-bond donors (Lipinski definition) is 0. The van der Waals surface area contributed by atoms with Crippen LogP contribution in [0.15, 0.2) is 0 Å². The average molecular weight is 295 g/mol. The highest BCUT2D eigenvalue weighted by atomic mass is 28.4. The van der Waals surface area contributed by atoms with Crippen molar-refractivity contribution in [1.29, 1.82) is 0 Å². The van der Waals surface area contributed by atoms with Gasteiger partial charge in [-0.05, 0) is 19.3 Å². The van der Waals surface area contributed by atoms with E-state index in [-0.39, 0.29) is 0 Å². The van der Waals surface area contributed by atoms with Gasteiger partial charge in [0.25, 0.3) is 0 Å². The van der Waals surface area contributed by atoms with Gasteiger partial charge in [-0.25, -0.2) is 0 Å². The molecule has 104 valence electrons. The molecule has 0 fully saturated rings. The molecule has 0 spiro atoms. The van der Waals surface area contributed by atoms with E-state index in [0.717, 1.165) is 39.1 Å². The van der Waals surface area contributed by atoms with E-state index in [9.17, 15) is 0 Å². The van der Waals surface area contributed by atoms with Crippen molar-refractivity contribution in [3.8, 4) is 0 Å². The van der Waals surface area contributed by atoms with E-state index in [1.165, 1.54) is 0 Å². The van der Waals surface area contributed by atoms with Gasteiger partial charge >= 0.3 is 0 Å². The summed E-state index contributed by atoms with van der Waals surface area (Å²) in [6.45, 7) is 11.6. The summed E-state index contributed by atoms with van der Waals surface area (Å²) in [6, 6.07) is 0. The average Bonchev–Trinajstić information content (AvgIpc) is 2.30. The summed E-state index contributed by atoms with van der Waals surface area (Å²) in [5.74, 6) is 0. The molecular weight excluding hydrogens is 264 g/mol. The Morgan fingerprint density at radius 2 is 1.00 bits per heavy atom. The lowest BCUT2D eigenvalue weighted by Crippen LogP contribution is -2.35. The smallest absolute Gasteiger partial charge is 0.165 e. The van der Waals surface area contributed by atoms with Crippen LogP contribution >= 0.6 is 0 Å². The highest BCUT2D eigenvalue weighted by Gasteiger charge is 2.28. The normalized spacial score (nSPS) is 16.9. The summed E-state index contributed by atoms with van der Waals surface area (Å²) in [7, 11) is -1.39. The second kappa shape index (κ2) is 11.6. The van der Waals surface area contributed by atoms with Crippen molar-refractivity contribution in [2.75, 3.05) is 19.8 Å². The topological polar surface area (TPSA) is 27.7 Å². The highest BCUT2D eigenvalue weighted by Crippen LogP contribution is 2.21. The SMILES string of the molecule is CCCO[SiH2]C(C)([SiH2]OCCC)[SiH2]OCCC. The van der Waals surface area contributed by atoms with E-state index in [1.54, 1.807) is 0 Å². The number of hydrogen-bond acceptors (Lipinski definition) is 3.